The lowest BCUT2D eigenvalue weighted by molar-refractivity contribution is -0.138. The average Bonchev–Trinajstić information content (AvgIpc) is 3.07. The Kier molecular flexibility index (Phi) is 3.52. The Bertz CT molecular complexity index is 883. The molecule has 3 heterocycles. The van der Waals surface area contributed by atoms with E-state index in [9.17, 15) is 23.1 Å². The van der Waals surface area contributed by atoms with Crippen LogP contribution in [-0.4, -0.2) is 34.5 Å². The molecule has 3 fully saturated rings. The molecule has 0 radical (unpaired) electrons. The van der Waals surface area contributed by atoms with Crippen LogP contribution in [0.15, 0.2) is 18.2 Å². The number of halogens is 3. The van der Waals surface area contributed by atoms with Crippen LogP contribution < -0.4 is 10.6 Å². The molecule has 3 N–H and O–H groups in total. The zero-order chi connectivity index (χ0) is 19.9. The fourth-order valence-corrected chi connectivity index (χ4v) is 5.09. The summed E-state index contributed by atoms with van der Waals surface area (Å²) in [6.07, 6.45) is -5.69. The molecule has 144 valence electrons. The Balaban J connectivity index is 1.80. The van der Waals surface area contributed by atoms with Crippen molar-refractivity contribution >= 4 is 11.6 Å². The van der Waals surface area contributed by atoms with Crippen LogP contribution in [0.3, 0.4) is 0 Å². The number of nitriles is 1. The number of nitrogens with two attached hydrogens (primary N) is 1. The quantitative estimate of drug-likeness (QED) is 0.772. The third-order valence-electron chi connectivity index (χ3n) is 6.29. The van der Waals surface area contributed by atoms with Gasteiger partial charge in [-0.2, -0.15) is 18.4 Å². The first-order chi connectivity index (χ1) is 12.4. The Labute approximate surface area is 153 Å². The predicted octanol–water partition coefficient (Wildman–Crippen LogP) is 1.75. The molecule has 1 aromatic carbocycles. The van der Waals surface area contributed by atoms with E-state index in [1.807, 2.05) is 0 Å². The van der Waals surface area contributed by atoms with E-state index in [1.54, 1.807) is 13.8 Å². The molecule has 0 saturated carbocycles. The van der Waals surface area contributed by atoms with Crippen LogP contribution in [0.2, 0.25) is 0 Å². The normalized spacial score (nSPS) is 40.4. The molecular formula is C18H18F3N3O3. The van der Waals surface area contributed by atoms with Crippen molar-refractivity contribution in [2.45, 2.75) is 49.9 Å². The van der Waals surface area contributed by atoms with Gasteiger partial charge in [-0.3, -0.25) is 9.69 Å². The van der Waals surface area contributed by atoms with Crippen LogP contribution in [0.4, 0.5) is 18.9 Å². The number of fused-ring (bicyclic) bond motifs is 5. The zero-order valence-corrected chi connectivity index (χ0v) is 14.6. The number of amides is 1. The van der Waals surface area contributed by atoms with E-state index in [4.69, 9.17) is 15.7 Å². The number of aliphatic hydroxyl groups is 1. The molecule has 9 heteroatoms. The summed E-state index contributed by atoms with van der Waals surface area (Å²) >= 11 is 0. The second-order valence-corrected chi connectivity index (χ2v) is 7.87. The molecule has 3 unspecified atom stereocenters. The van der Waals surface area contributed by atoms with Crippen LogP contribution in [0.1, 0.15) is 31.4 Å². The first-order valence-corrected chi connectivity index (χ1v) is 8.52. The average molecular weight is 381 g/mol. The fraction of sp³-hybridized carbons (Fsp3) is 0.556. The van der Waals surface area contributed by atoms with Crippen molar-refractivity contribution in [3.8, 4) is 6.07 Å². The number of hydrogen-bond acceptors (Lipinski definition) is 5. The van der Waals surface area contributed by atoms with Crippen LogP contribution in [0, 0.1) is 23.2 Å². The largest absolute Gasteiger partial charge is 0.417 e. The SMILES string of the molecule is C[C@]12C[C@@H](N)[C@](C)(O1)C1C(O)N(c3ccc(C#N)c(C(F)(F)F)c3)C(=O)C12. The van der Waals surface area contributed by atoms with E-state index < -0.39 is 58.5 Å². The van der Waals surface area contributed by atoms with Crippen molar-refractivity contribution in [3.05, 3.63) is 29.3 Å². The van der Waals surface area contributed by atoms with Gasteiger partial charge in [-0.1, -0.05) is 0 Å². The van der Waals surface area contributed by atoms with E-state index in [0.29, 0.717) is 6.42 Å². The summed E-state index contributed by atoms with van der Waals surface area (Å²) in [5, 5.41) is 19.8. The number of carbonyl (C=O) groups is 1. The topological polar surface area (TPSA) is 99.6 Å². The highest BCUT2D eigenvalue weighted by atomic mass is 19.4. The Hall–Kier alpha value is -2.15. The Morgan fingerprint density at radius 2 is 2.07 bits per heavy atom. The number of carbonyl (C=O) groups excluding carboxylic acids is 1. The van der Waals surface area contributed by atoms with Crippen molar-refractivity contribution in [1.82, 2.24) is 0 Å². The van der Waals surface area contributed by atoms with Crippen LogP contribution in [0.25, 0.3) is 0 Å². The lowest BCUT2D eigenvalue weighted by atomic mass is 9.66. The van der Waals surface area contributed by atoms with Crippen LogP contribution in [0.5, 0.6) is 0 Å². The van der Waals surface area contributed by atoms with Crippen molar-refractivity contribution in [3.63, 3.8) is 0 Å². The van der Waals surface area contributed by atoms with Crippen molar-refractivity contribution in [1.29, 1.82) is 5.26 Å². The molecule has 3 saturated heterocycles. The predicted molar refractivity (Wildman–Crippen MR) is 87.1 cm³/mol. The van der Waals surface area contributed by atoms with Gasteiger partial charge in [0.05, 0.1) is 34.3 Å². The molecule has 3 aliphatic rings. The van der Waals surface area contributed by atoms with E-state index in [1.165, 1.54) is 12.1 Å². The molecular weight excluding hydrogens is 363 g/mol. The van der Waals surface area contributed by atoms with Gasteiger partial charge >= 0.3 is 6.18 Å². The minimum Gasteiger partial charge on any atom is -0.373 e. The van der Waals surface area contributed by atoms with Gasteiger partial charge in [0.25, 0.3) is 0 Å². The van der Waals surface area contributed by atoms with Gasteiger partial charge in [0, 0.05) is 17.6 Å². The van der Waals surface area contributed by atoms with E-state index in [-0.39, 0.29) is 5.69 Å². The molecule has 0 aliphatic carbocycles. The summed E-state index contributed by atoms with van der Waals surface area (Å²) < 4.78 is 45.9. The van der Waals surface area contributed by atoms with Gasteiger partial charge in [-0.05, 0) is 38.5 Å². The number of hydrogen-bond donors (Lipinski definition) is 2. The number of nitrogens with zero attached hydrogens (tertiary/aromatic N) is 2. The summed E-state index contributed by atoms with van der Waals surface area (Å²) in [6.45, 7) is 3.48. The number of aliphatic hydroxyl groups excluding tert-OH is 1. The minimum absolute atomic E-state index is 0.103. The number of ether oxygens (including phenoxy) is 1. The Morgan fingerprint density at radius 3 is 2.67 bits per heavy atom. The number of benzene rings is 1. The van der Waals surface area contributed by atoms with Gasteiger partial charge in [-0.15, -0.1) is 0 Å². The van der Waals surface area contributed by atoms with Crippen molar-refractivity contribution in [2.24, 2.45) is 17.6 Å². The standard InChI is InChI=1S/C18H18F3N3O3/c1-16-6-11(23)17(2,27-16)13-12(16)14(25)24(15(13)26)9-4-3-8(7-22)10(5-9)18(19,20)21/h3-5,11-13,15,26H,6,23H2,1-2H3/t11-,12?,13?,15?,16-,17+/m1/s1. The third kappa shape index (κ3) is 2.21. The summed E-state index contributed by atoms with van der Waals surface area (Å²) in [6, 6.07) is 4.09. The zero-order valence-electron chi connectivity index (χ0n) is 14.6. The lowest BCUT2D eigenvalue weighted by Crippen LogP contribution is -2.54. The highest BCUT2D eigenvalue weighted by molar-refractivity contribution is 5.99. The second-order valence-electron chi connectivity index (χ2n) is 7.87. The lowest BCUT2D eigenvalue weighted by Gasteiger charge is -2.36. The van der Waals surface area contributed by atoms with Gasteiger partial charge < -0.3 is 15.6 Å². The van der Waals surface area contributed by atoms with E-state index in [0.717, 1.165) is 17.0 Å². The first kappa shape index (κ1) is 18.2. The molecule has 3 aliphatic heterocycles. The summed E-state index contributed by atoms with van der Waals surface area (Å²) in [5.74, 6) is -1.84. The minimum atomic E-state index is -4.76. The molecule has 1 amide bonds. The van der Waals surface area contributed by atoms with Gasteiger partial charge in [0.2, 0.25) is 5.91 Å². The monoisotopic (exact) mass is 381 g/mol. The molecule has 27 heavy (non-hydrogen) atoms. The number of anilines is 1. The molecule has 0 aromatic heterocycles. The summed E-state index contributed by atoms with van der Waals surface area (Å²) in [5.41, 5.74) is 2.55. The van der Waals surface area contributed by atoms with E-state index in [2.05, 4.69) is 0 Å². The number of alkyl halides is 3. The highest BCUT2D eigenvalue weighted by Gasteiger charge is 2.74. The summed E-state index contributed by atoms with van der Waals surface area (Å²) in [7, 11) is 0. The van der Waals surface area contributed by atoms with Crippen molar-refractivity contribution < 1.29 is 27.8 Å². The molecule has 0 spiro atoms. The Morgan fingerprint density at radius 1 is 1.41 bits per heavy atom. The van der Waals surface area contributed by atoms with Crippen LogP contribution >= 0.6 is 0 Å². The second kappa shape index (κ2) is 5.22. The maximum absolute atomic E-state index is 13.3. The van der Waals surface area contributed by atoms with Gasteiger partial charge in [0.1, 0.15) is 6.23 Å². The van der Waals surface area contributed by atoms with Crippen LogP contribution in [-0.2, 0) is 15.7 Å². The highest BCUT2D eigenvalue weighted by Crippen LogP contribution is 2.61. The molecule has 6 nitrogen and oxygen atoms in total. The molecule has 4 rings (SSSR count). The fourth-order valence-electron chi connectivity index (χ4n) is 5.09. The maximum atomic E-state index is 13.3. The van der Waals surface area contributed by atoms with E-state index >= 15 is 0 Å². The molecule has 6 atom stereocenters. The summed E-state index contributed by atoms with van der Waals surface area (Å²) in [4.78, 5) is 14.0. The van der Waals surface area contributed by atoms with Gasteiger partial charge in [-0.25, -0.2) is 0 Å². The van der Waals surface area contributed by atoms with Crippen molar-refractivity contribution in [2.75, 3.05) is 4.90 Å². The molecule has 1 aromatic rings. The smallest absolute Gasteiger partial charge is 0.373 e. The maximum Gasteiger partial charge on any atom is 0.417 e. The molecule has 2 bridgehead atoms. The van der Waals surface area contributed by atoms with Gasteiger partial charge in [0.15, 0.2) is 0 Å². The first-order valence-electron chi connectivity index (χ1n) is 8.52. The number of rotatable bonds is 1. The third-order valence-corrected chi connectivity index (χ3v) is 6.29.